The van der Waals surface area contributed by atoms with Crippen LogP contribution in [0.15, 0.2) is 72.9 Å². The van der Waals surface area contributed by atoms with E-state index in [0.717, 1.165) is 63.8 Å². The van der Waals surface area contributed by atoms with Crippen molar-refractivity contribution in [3.63, 3.8) is 0 Å². The average molecular weight is 826 g/mol. The number of aromatic nitrogens is 4. The van der Waals surface area contributed by atoms with E-state index in [2.05, 4.69) is 119 Å². The monoisotopic (exact) mass is 825 g/mol. The van der Waals surface area contributed by atoms with Crippen LogP contribution in [0.25, 0.3) is 44.4 Å². The molecule has 0 saturated heterocycles. The second-order valence-electron chi connectivity index (χ2n) is 13.1. The summed E-state index contributed by atoms with van der Waals surface area (Å²) in [7, 11) is 0. The predicted molar refractivity (Wildman–Crippen MR) is 197 cm³/mol. The van der Waals surface area contributed by atoms with Crippen LogP contribution in [0, 0.1) is 60.6 Å². The fourth-order valence-electron chi connectivity index (χ4n) is 7.10. The van der Waals surface area contributed by atoms with Gasteiger partial charge in [-0.1, -0.05) is 37.1 Å². The summed E-state index contributed by atoms with van der Waals surface area (Å²) in [6.45, 7) is 17.7. The molecule has 0 unspecified atom stereocenters. The maximum absolute atomic E-state index is 6.50. The average Bonchev–Trinajstić information content (AvgIpc) is 3.59. The van der Waals surface area contributed by atoms with Crippen molar-refractivity contribution >= 4 is 21.8 Å². The van der Waals surface area contributed by atoms with Crippen LogP contribution in [0.5, 0.6) is 11.5 Å². The summed E-state index contributed by atoms with van der Waals surface area (Å²) in [5.41, 5.74) is 15.6. The van der Waals surface area contributed by atoms with Crippen molar-refractivity contribution in [1.82, 2.24) is 19.3 Å². The van der Waals surface area contributed by atoms with E-state index in [0.29, 0.717) is 11.5 Å². The zero-order valence-electron chi connectivity index (χ0n) is 29.6. The molecule has 0 N–H and O–H groups in total. The number of fused-ring (bicyclic) bond motifs is 3. The van der Waals surface area contributed by atoms with E-state index in [1.165, 1.54) is 44.6 Å². The van der Waals surface area contributed by atoms with E-state index < -0.39 is 0 Å². The van der Waals surface area contributed by atoms with Crippen molar-refractivity contribution in [1.29, 1.82) is 0 Å². The molecule has 0 amide bonds. The predicted octanol–water partition coefficient (Wildman–Crippen LogP) is 10.9. The Hall–Kier alpha value is -4.47. The second-order valence-corrected chi connectivity index (χ2v) is 13.1. The molecular formula is C43H42N4OPt. The van der Waals surface area contributed by atoms with Gasteiger partial charge in [-0.3, -0.25) is 4.68 Å². The number of ether oxygens (including phenoxy) is 1. The van der Waals surface area contributed by atoms with Gasteiger partial charge in [-0.15, -0.1) is 35.7 Å². The molecule has 0 radical (unpaired) electrons. The van der Waals surface area contributed by atoms with Crippen LogP contribution < -0.4 is 4.74 Å². The van der Waals surface area contributed by atoms with E-state index in [4.69, 9.17) is 14.8 Å². The number of unbranched alkanes of at least 4 members (excludes halogenated alkanes) is 1. The van der Waals surface area contributed by atoms with Crippen molar-refractivity contribution in [3.8, 4) is 34.1 Å². The number of hydrogen-bond donors (Lipinski definition) is 0. The van der Waals surface area contributed by atoms with Gasteiger partial charge in [0, 0.05) is 34.5 Å². The van der Waals surface area contributed by atoms with Crippen LogP contribution in [0.2, 0.25) is 0 Å². The minimum Gasteiger partial charge on any atom is -0.509 e. The maximum Gasteiger partial charge on any atom is 2.00 e. The van der Waals surface area contributed by atoms with Gasteiger partial charge in [0.1, 0.15) is 5.82 Å². The molecule has 250 valence electrons. The molecule has 0 aliphatic carbocycles. The van der Waals surface area contributed by atoms with Gasteiger partial charge in [0.05, 0.1) is 5.69 Å². The summed E-state index contributed by atoms with van der Waals surface area (Å²) in [5, 5.41) is 7.41. The van der Waals surface area contributed by atoms with E-state index >= 15 is 0 Å². The molecule has 0 spiro atoms. The van der Waals surface area contributed by atoms with Crippen molar-refractivity contribution in [2.45, 2.75) is 74.7 Å². The van der Waals surface area contributed by atoms with Crippen molar-refractivity contribution in [2.75, 3.05) is 0 Å². The summed E-state index contributed by atoms with van der Waals surface area (Å²) in [6, 6.07) is 29.8. The Morgan fingerprint density at radius 1 is 0.714 bits per heavy atom. The Balaban J connectivity index is 0.00000417. The first-order valence-corrected chi connectivity index (χ1v) is 16.9. The Bertz CT molecular complexity index is 2320. The zero-order valence-corrected chi connectivity index (χ0v) is 31.8. The number of hydrogen-bond acceptors (Lipinski definition) is 3. The molecule has 49 heavy (non-hydrogen) atoms. The molecule has 0 saturated carbocycles. The van der Waals surface area contributed by atoms with Gasteiger partial charge in [0.25, 0.3) is 0 Å². The number of aryl methyl sites for hydroxylation is 2. The van der Waals surface area contributed by atoms with Crippen molar-refractivity contribution in [2.24, 2.45) is 0 Å². The fraction of sp³-hybridized carbons (Fsp3) is 0.256. The first-order valence-electron chi connectivity index (χ1n) is 16.9. The molecule has 0 atom stereocenters. The smallest absolute Gasteiger partial charge is 0.509 e. The molecule has 0 fully saturated rings. The second kappa shape index (κ2) is 13.8. The van der Waals surface area contributed by atoms with E-state index in [1.807, 2.05) is 30.5 Å². The summed E-state index contributed by atoms with van der Waals surface area (Å²) in [4.78, 5) is 4.71. The molecule has 5 nitrogen and oxygen atoms in total. The van der Waals surface area contributed by atoms with Gasteiger partial charge < -0.3 is 9.30 Å². The van der Waals surface area contributed by atoms with Crippen LogP contribution >= 0.6 is 0 Å². The van der Waals surface area contributed by atoms with E-state index in [1.54, 1.807) is 0 Å². The minimum atomic E-state index is 0. The molecular weight excluding hydrogens is 784 g/mol. The fourth-order valence-corrected chi connectivity index (χ4v) is 7.10. The topological polar surface area (TPSA) is 44.9 Å². The molecule has 7 rings (SSSR count). The number of pyridine rings is 1. The molecule has 4 aromatic carbocycles. The van der Waals surface area contributed by atoms with Gasteiger partial charge in [0.2, 0.25) is 0 Å². The summed E-state index contributed by atoms with van der Waals surface area (Å²) in [5.74, 6) is 2.09. The third-order valence-corrected chi connectivity index (χ3v) is 10.1. The SMILES string of the molecule is CCCCc1c(-c2c(C)c(C)c(C)c(C)c2C)c(C)nn1-c1[c-]c(Oc2[c-]c3c(cc2)c2ccccc2n3-c2cc(C)ccn2)ccc1.[Pt+2]. The maximum atomic E-state index is 6.50. The Kier molecular flexibility index (Phi) is 9.69. The number of benzene rings is 4. The first-order chi connectivity index (χ1) is 23.2. The number of rotatable bonds is 8. The van der Waals surface area contributed by atoms with Crippen LogP contribution in [0.1, 0.15) is 64.5 Å². The van der Waals surface area contributed by atoms with Crippen LogP contribution in [0.3, 0.4) is 0 Å². The third kappa shape index (κ3) is 6.04. The summed E-state index contributed by atoms with van der Waals surface area (Å²) < 4.78 is 10.8. The first kappa shape index (κ1) is 34.4. The standard InChI is InChI=1S/C43H42N4O.Pt/c1-9-10-17-39-43(42-30(6)28(4)27(3)29(5)31(42)7)32(8)45-47(39)33-14-13-15-34(24-33)48-35-19-20-37-36-16-11-12-18-38(36)46(40(37)25-35)41-23-26(2)21-22-44-41;/h11-16,18-23H,9-10,17H2,1-8H3;/q-2;+2. The van der Waals surface area contributed by atoms with Gasteiger partial charge in [-0.25, -0.2) is 4.98 Å². The third-order valence-electron chi connectivity index (χ3n) is 10.1. The Labute approximate surface area is 304 Å². The Morgan fingerprint density at radius 3 is 2.16 bits per heavy atom. The van der Waals surface area contributed by atoms with Crippen LogP contribution in [0.4, 0.5) is 0 Å². The largest absolute Gasteiger partial charge is 2.00 e. The zero-order chi connectivity index (χ0) is 33.7. The molecule has 0 aliphatic heterocycles. The molecule has 0 bridgehead atoms. The summed E-state index contributed by atoms with van der Waals surface area (Å²) >= 11 is 0. The van der Waals surface area contributed by atoms with Crippen LogP contribution in [-0.2, 0) is 27.5 Å². The van der Waals surface area contributed by atoms with Gasteiger partial charge in [-0.05, 0) is 130 Å². The number of para-hydroxylation sites is 1. The molecule has 7 aromatic rings. The van der Waals surface area contributed by atoms with Crippen molar-refractivity contribution < 1.29 is 25.8 Å². The normalized spacial score (nSPS) is 11.3. The molecule has 3 aromatic heterocycles. The van der Waals surface area contributed by atoms with E-state index in [9.17, 15) is 0 Å². The molecule has 0 aliphatic rings. The quantitative estimate of drug-likeness (QED) is 0.143. The van der Waals surface area contributed by atoms with Gasteiger partial charge in [-0.2, -0.15) is 17.2 Å². The number of nitrogens with zero attached hydrogens (tertiary/aromatic N) is 4. The van der Waals surface area contributed by atoms with Crippen LogP contribution in [-0.4, -0.2) is 19.3 Å². The Morgan fingerprint density at radius 2 is 1.43 bits per heavy atom. The van der Waals surface area contributed by atoms with E-state index in [-0.39, 0.29) is 21.1 Å². The summed E-state index contributed by atoms with van der Waals surface area (Å²) in [6.07, 6.45) is 4.97. The minimum absolute atomic E-state index is 0. The van der Waals surface area contributed by atoms with Gasteiger partial charge >= 0.3 is 21.1 Å². The molecule has 3 heterocycles. The van der Waals surface area contributed by atoms with Gasteiger partial charge in [0.15, 0.2) is 0 Å². The molecule has 6 heteroatoms. The van der Waals surface area contributed by atoms with Crippen molar-refractivity contribution in [3.05, 3.63) is 130 Å².